The summed E-state index contributed by atoms with van der Waals surface area (Å²) in [6.07, 6.45) is 1.25. The van der Waals surface area contributed by atoms with E-state index in [1.165, 1.54) is 0 Å². The maximum Gasteiger partial charge on any atom is 0.262 e. The van der Waals surface area contributed by atoms with E-state index in [9.17, 15) is 14.4 Å². The summed E-state index contributed by atoms with van der Waals surface area (Å²) in [6, 6.07) is 12.2. The molecule has 2 aromatic carbocycles. The summed E-state index contributed by atoms with van der Waals surface area (Å²) in [4.78, 5) is 36.2. The van der Waals surface area contributed by atoms with E-state index in [1.807, 2.05) is 32.0 Å². The lowest BCUT2D eigenvalue weighted by Crippen LogP contribution is -2.39. The summed E-state index contributed by atoms with van der Waals surface area (Å²) in [6.45, 7) is 5.15. The van der Waals surface area contributed by atoms with Crippen LogP contribution in [0.2, 0.25) is 0 Å². The number of carbonyl (C=O) groups excluding carboxylic acids is 3. The predicted octanol–water partition coefficient (Wildman–Crippen LogP) is 2.35. The Morgan fingerprint density at radius 3 is 2.44 bits per heavy atom. The molecule has 1 unspecified atom stereocenters. The number of nitrogens with one attached hydrogen (secondary N) is 3. The minimum absolute atomic E-state index is 0.109. The fraction of sp³-hybridized carbons (Fsp3) is 0.375. The molecule has 3 amide bonds. The third kappa shape index (κ3) is 6.81. The molecule has 32 heavy (non-hydrogen) atoms. The van der Waals surface area contributed by atoms with Gasteiger partial charge in [0, 0.05) is 30.9 Å². The van der Waals surface area contributed by atoms with Gasteiger partial charge in [-0.25, -0.2) is 0 Å². The van der Waals surface area contributed by atoms with Gasteiger partial charge in [-0.1, -0.05) is 6.07 Å². The van der Waals surface area contributed by atoms with E-state index in [-0.39, 0.29) is 30.4 Å². The Hall–Kier alpha value is -3.39. The lowest BCUT2D eigenvalue weighted by molar-refractivity contribution is -0.130. The largest absolute Gasteiger partial charge is 0.484 e. The van der Waals surface area contributed by atoms with Crippen LogP contribution in [-0.4, -0.2) is 50.1 Å². The van der Waals surface area contributed by atoms with Crippen LogP contribution >= 0.6 is 0 Å². The lowest BCUT2D eigenvalue weighted by atomic mass is 10.1. The predicted molar refractivity (Wildman–Crippen MR) is 121 cm³/mol. The summed E-state index contributed by atoms with van der Waals surface area (Å²) < 4.78 is 10.8. The van der Waals surface area contributed by atoms with Gasteiger partial charge >= 0.3 is 0 Å². The van der Waals surface area contributed by atoms with Crippen molar-refractivity contribution in [1.82, 2.24) is 10.6 Å². The Morgan fingerprint density at radius 2 is 1.75 bits per heavy atom. The zero-order valence-electron chi connectivity index (χ0n) is 18.4. The molecule has 1 aliphatic rings. The molecule has 0 radical (unpaired) electrons. The van der Waals surface area contributed by atoms with Crippen molar-refractivity contribution in [2.45, 2.75) is 32.8 Å². The van der Waals surface area contributed by atoms with E-state index in [1.54, 1.807) is 24.3 Å². The molecule has 0 spiro atoms. The van der Waals surface area contributed by atoms with Crippen LogP contribution in [0.5, 0.6) is 5.75 Å². The molecule has 0 saturated carbocycles. The van der Waals surface area contributed by atoms with Gasteiger partial charge in [0.15, 0.2) is 6.61 Å². The molecule has 8 heteroatoms. The molecule has 1 heterocycles. The van der Waals surface area contributed by atoms with Gasteiger partial charge in [-0.2, -0.15) is 0 Å². The highest BCUT2D eigenvalue weighted by atomic mass is 16.5. The smallest absolute Gasteiger partial charge is 0.262 e. The Morgan fingerprint density at radius 1 is 1.00 bits per heavy atom. The highest BCUT2D eigenvalue weighted by Crippen LogP contribution is 2.16. The molecular weight excluding hydrogens is 410 g/mol. The first-order valence-corrected chi connectivity index (χ1v) is 10.7. The fourth-order valence-electron chi connectivity index (χ4n) is 3.22. The SMILES string of the molecule is Cc1ccc(OCC(=O)Nc2ccc(C(=O)NCCNC(=O)C3CCCO3)cc2)cc1C. The Bertz CT molecular complexity index is 953. The molecule has 3 N–H and O–H groups in total. The topological polar surface area (TPSA) is 106 Å². The number of benzene rings is 2. The first kappa shape index (κ1) is 23.3. The van der Waals surface area contributed by atoms with Gasteiger partial charge in [-0.3, -0.25) is 14.4 Å². The first-order chi connectivity index (χ1) is 15.4. The van der Waals surface area contributed by atoms with Crippen molar-refractivity contribution in [2.24, 2.45) is 0 Å². The van der Waals surface area contributed by atoms with Gasteiger partial charge in [0.25, 0.3) is 11.8 Å². The van der Waals surface area contributed by atoms with E-state index in [2.05, 4.69) is 16.0 Å². The zero-order valence-corrected chi connectivity index (χ0v) is 18.4. The number of hydrogen-bond acceptors (Lipinski definition) is 5. The lowest BCUT2D eigenvalue weighted by Gasteiger charge is -2.11. The number of anilines is 1. The normalized spacial score (nSPS) is 15.1. The summed E-state index contributed by atoms with van der Waals surface area (Å²) in [5, 5.41) is 8.24. The molecule has 8 nitrogen and oxygen atoms in total. The Kier molecular flexibility index (Phi) is 8.21. The van der Waals surface area contributed by atoms with E-state index >= 15 is 0 Å². The van der Waals surface area contributed by atoms with E-state index < -0.39 is 0 Å². The van der Waals surface area contributed by atoms with Crippen molar-refractivity contribution < 1.29 is 23.9 Å². The number of ether oxygens (including phenoxy) is 2. The number of amides is 3. The van der Waals surface area contributed by atoms with E-state index in [4.69, 9.17) is 9.47 Å². The van der Waals surface area contributed by atoms with Crippen LogP contribution in [0, 0.1) is 13.8 Å². The monoisotopic (exact) mass is 439 g/mol. The molecular formula is C24H29N3O5. The van der Waals surface area contributed by atoms with Crippen LogP contribution < -0.4 is 20.7 Å². The van der Waals surface area contributed by atoms with Crippen molar-refractivity contribution in [3.8, 4) is 5.75 Å². The second-order valence-electron chi connectivity index (χ2n) is 7.71. The third-order valence-corrected chi connectivity index (χ3v) is 5.21. The molecule has 1 aliphatic heterocycles. The van der Waals surface area contributed by atoms with Gasteiger partial charge in [0.05, 0.1) is 0 Å². The summed E-state index contributed by atoms with van der Waals surface area (Å²) in [5.41, 5.74) is 3.29. The van der Waals surface area contributed by atoms with E-state index in [0.717, 1.165) is 24.0 Å². The second-order valence-corrected chi connectivity index (χ2v) is 7.71. The molecule has 0 aromatic heterocycles. The third-order valence-electron chi connectivity index (χ3n) is 5.21. The minimum atomic E-state index is -0.375. The highest BCUT2D eigenvalue weighted by Gasteiger charge is 2.22. The van der Waals surface area contributed by atoms with Gasteiger partial charge in [-0.15, -0.1) is 0 Å². The second kappa shape index (κ2) is 11.3. The van der Waals surface area contributed by atoms with Crippen LogP contribution in [0.25, 0.3) is 0 Å². The molecule has 2 aromatic rings. The van der Waals surface area contributed by atoms with Gasteiger partial charge in [0.1, 0.15) is 11.9 Å². The summed E-state index contributed by atoms with van der Waals surface area (Å²) >= 11 is 0. The molecule has 0 bridgehead atoms. The summed E-state index contributed by atoms with van der Waals surface area (Å²) in [5.74, 6) is -0.0460. The number of rotatable bonds is 9. The van der Waals surface area contributed by atoms with Gasteiger partial charge < -0.3 is 25.4 Å². The minimum Gasteiger partial charge on any atom is -0.484 e. The molecule has 1 saturated heterocycles. The van der Waals surface area contributed by atoms with Crippen LogP contribution in [-0.2, 0) is 14.3 Å². The number of aryl methyl sites for hydroxylation is 2. The van der Waals surface area contributed by atoms with Crippen LogP contribution in [0.4, 0.5) is 5.69 Å². The van der Waals surface area contributed by atoms with Gasteiger partial charge in [0.2, 0.25) is 5.91 Å². The van der Waals surface area contributed by atoms with Crippen LogP contribution in [0.3, 0.4) is 0 Å². The molecule has 0 aliphatic carbocycles. The average Bonchev–Trinajstić information content (AvgIpc) is 3.33. The van der Waals surface area contributed by atoms with Crippen molar-refractivity contribution in [2.75, 3.05) is 31.6 Å². The maximum absolute atomic E-state index is 12.2. The average molecular weight is 440 g/mol. The fourth-order valence-corrected chi connectivity index (χ4v) is 3.22. The van der Waals surface area contributed by atoms with E-state index in [0.29, 0.717) is 36.7 Å². The standard InChI is InChI=1S/C24H29N3O5/c1-16-5-10-20(14-17(16)2)32-15-22(28)27-19-8-6-18(7-9-19)23(29)25-11-12-26-24(30)21-4-3-13-31-21/h5-10,14,21H,3-4,11-13,15H2,1-2H3,(H,25,29)(H,26,30)(H,27,28). The maximum atomic E-state index is 12.2. The van der Waals surface area contributed by atoms with Crippen molar-refractivity contribution in [3.63, 3.8) is 0 Å². The number of hydrogen-bond donors (Lipinski definition) is 3. The van der Waals surface area contributed by atoms with Crippen molar-refractivity contribution >= 4 is 23.4 Å². The van der Waals surface area contributed by atoms with Crippen LogP contribution in [0.1, 0.15) is 34.3 Å². The van der Waals surface area contributed by atoms with Crippen molar-refractivity contribution in [1.29, 1.82) is 0 Å². The molecule has 3 rings (SSSR count). The Balaban J connectivity index is 1.37. The zero-order chi connectivity index (χ0) is 22.9. The molecule has 170 valence electrons. The summed E-state index contributed by atoms with van der Waals surface area (Å²) in [7, 11) is 0. The highest BCUT2D eigenvalue weighted by molar-refractivity contribution is 5.96. The van der Waals surface area contributed by atoms with Crippen molar-refractivity contribution in [3.05, 3.63) is 59.2 Å². The number of carbonyl (C=O) groups is 3. The first-order valence-electron chi connectivity index (χ1n) is 10.7. The quantitative estimate of drug-likeness (QED) is 0.520. The van der Waals surface area contributed by atoms with Gasteiger partial charge in [-0.05, 0) is 74.2 Å². The molecule has 1 atom stereocenters. The van der Waals surface area contributed by atoms with Crippen LogP contribution in [0.15, 0.2) is 42.5 Å². The Labute approximate surface area is 187 Å². The molecule has 1 fully saturated rings.